The molecule has 4 heteroatoms. The third-order valence-electron chi connectivity index (χ3n) is 3.82. The largest absolute Gasteiger partial charge is 0.388 e. The van der Waals surface area contributed by atoms with E-state index in [0.29, 0.717) is 12.5 Å². The average molecular weight is 242 g/mol. The molecule has 4 nitrogen and oxygen atoms in total. The Morgan fingerprint density at radius 1 is 1.47 bits per heavy atom. The third-order valence-corrected chi connectivity index (χ3v) is 3.82. The molecule has 1 fully saturated rings. The normalized spacial score (nSPS) is 31.3. The van der Waals surface area contributed by atoms with Gasteiger partial charge in [0.1, 0.15) is 0 Å². The second kappa shape index (κ2) is 5.83. The highest BCUT2D eigenvalue weighted by Gasteiger charge is 2.32. The molecule has 1 rings (SSSR count). The van der Waals surface area contributed by atoms with Crippen LogP contribution in [0.4, 0.5) is 0 Å². The molecule has 1 atom stereocenters. The van der Waals surface area contributed by atoms with E-state index in [-0.39, 0.29) is 11.8 Å². The van der Waals surface area contributed by atoms with E-state index in [1.165, 1.54) is 0 Å². The summed E-state index contributed by atoms with van der Waals surface area (Å²) >= 11 is 0. The van der Waals surface area contributed by atoms with Gasteiger partial charge in [0.05, 0.1) is 11.6 Å². The van der Waals surface area contributed by atoms with Gasteiger partial charge < -0.3 is 16.2 Å². The minimum atomic E-state index is -0.723. The van der Waals surface area contributed by atoms with Crippen LogP contribution in [0.1, 0.15) is 46.5 Å². The number of hydrogen-bond acceptors (Lipinski definition) is 3. The Hall–Kier alpha value is -0.610. The minimum absolute atomic E-state index is 0.121. The molecule has 0 aromatic rings. The molecule has 4 N–H and O–H groups in total. The van der Waals surface area contributed by atoms with Crippen molar-refractivity contribution in [2.24, 2.45) is 17.6 Å². The minimum Gasteiger partial charge on any atom is -0.388 e. The molecule has 1 amide bonds. The standard InChI is InChI=1S/C13H26N2O2/c1-9(2)11(14)12(16)15-8-13(17)6-4-10(3)5-7-13/h9-11,17H,4-8,14H2,1-3H3,(H,15,16)/t10?,11-,13?/m1/s1. The van der Waals surface area contributed by atoms with Gasteiger partial charge in [-0.15, -0.1) is 0 Å². The first-order valence-electron chi connectivity index (χ1n) is 6.60. The van der Waals surface area contributed by atoms with Crippen LogP contribution >= 0.6 is 0 Å². The number of amides is 1. The molecule has 0 radical (unpaired) electrons. The summed E-state index contributed by atoms with van der Waals surface area (Å²) in [6.07, 6.45) is 3.60. The van der Waals surface area contributed by atoms with Crippen LogP contribution in [0.15, 0.2) is 0 Å². The molecular formula is C13H26N2O2. The fourth-order valence-electron chi connectivity index (χ4n) is 2.15. The van der Waals surface area contributed by atoms with E-state index in [1.807, 2.05) is 13.8 Å². The molecule has 0 bridgehead atoms. The summed E-state index contributed by atoms with van der Waals surface area (Å²) < 4.78 is 0. The van der Waals surface area contributed by atoms with Crippen molar-refractivity contribution in [2.75, 3.05) is 6.54 Å². The van der Waals surface area contributed by atoms with E-state index in [0.717, 1.165) is 25.7 Å². The SMILES string of the molecule is CC1CCC(O)(CNC(=O)[C@H](N)C(C)C)CC1. The van der Waals surface area contributed by atoms with Crippen molar-refractivity contribution in [3.05, 3.63) is 0 Å². The number of hydrogen-bond donors (Lipinski definition) is 3. The van der Waals surface area contributed by atoms with Crippen molar-refractivity contribution in [2.45, 2.75) is 58.1 Å². The molecule has 0 aliphatic heterocycles. The summed E-state index contributed by atoms with van der Waals surface area (Å²) in [5, 5.41) is 13.1. The summed E-state index contributed by atoms with van der Waals surface area (Å²) in [6, 6.07) is -0.485. The smallest absolute Gasteiger partial charge is 0.237 e. The van der Waals surface area contributed by atoms with Gasteiger partial charge in [-0.3, -0.25) is 4.79 Å². The predicted molar refractivity (Wildman–Crippen MR) is 68.4 cm³/mol. The fraction of sp³-hybridized carbons (Fsp3) is 0.923. The van der Waals surface area contributed by atoms with Gasteiger partial charge in [0.25, 0.3) is 0 Å². The highest BCUT2D eigenvalue weighted by molar-refractivity contribution is 5.81. The van der Waals surface area contributed by atoms with Crippen LogP contribution in [0, 0.1) is 11.8 Å². The van der Waals surface area contributed by atoms with E-state index in [1.54, 1.807) is 0 Å². The first kappa shape index (κ1) is 14.5. The van der Waals surface area contributed by atoms with Crippen LogP contribution in [0.25, 0.3) is 0 Å². The second-order valence-electron chi connectivity index (χ2n) is 5.89. The average Bonchev–Trinajstić information content (AvgIpc) is 2.29. The lowest BCUT2D eigenvalue weighted by molar-refractivity contribution is -0.125. The van der Waals surface area contributed by atoms with Crippen molar-refractivity contribution in [3.8, 4) is 0 Å². The Balaban J connectivity index is 2.37. The molecule has 100 valence electrons. The van der Waals surface area contributed by atoms with Gasteiger partial charge >= 0.3 is 0 Å². The lowest BCUT2D eigenvalue weighted by Gasteiger charge is -2.35. The Bertz CT molecular complexity index is 258. The zero-order valence-electron chi connectivity index (χ0n) is 11.2. The van der Waals surface area contributed by atoms with Gasteiger partial charge in [-0.05, 0) is 37.5 Å². The van der Waals surface area contributed by atoms with Crippen LogP contribution in [-0.2, 0) is 4.79 Å². The maximum Gasteiger partial charge on any atom is 0.237 e. The Morgan fingerprint density at radius 3 is 2.47 bits per heavy atom. The van der Waals surface area contributed by atoms with Gasteiger partial charge in [0, 0.05) is 6.54 Å². The molecule has 0 aromatic heterocycles. The van der Waals surface area contributed by atoms with Crippen molar-refractivity contribution in [3.63, 3.8) is 0 Å². The Labute approximate surface area is 104 Å². The van der Waals surface area contributed by atoms with Crippen molar-refractivity contribution < 1.29 is 9.90 Å². The molecule has 0 spiro atoms. The van der Waals surface area contributed by atoms with Gasteiger partial charge in [-0.1, -0.05) is 20.8 Å². The maximum absolute atomic E-state index is 11.7. The number of rotatable bonds is 4. The lowest BCUT2D eigenvalue weighted by atomic mass is 9.79. The lowest BCUT2D eigenvalue weighted by Crippen LogP contribution is -2.50. The summed E-state index contributed by atoms with van der Waals surface area (Å²) in [5.41, 5.74) is 5.02. The summed E-state index contributed by atoms with van der Waals surface area (Å²) in [4.78, 5) is 11.7. The Morgan fingerprint density at radius 2 is 2.00 bits per heavy atom. The zero-order chi connectivity index (χ0) is 13.1. The van der Waals surface area contributed by atoms with Gasteiger partial charge in [-0.25, -0.2) is 0 Å². The van der Waals surface area contributed by atoms with E-state index in [9.17, 15) is 9.90 Å². The monoisotopic (exact) mass is 242 g/mol. The van der Waals surface area contributed by atoms with Gasteiger partial charge in [0.2, 0.25) is 5.91 Å². The van der Waals surface area contributed by atoms with Crippen LogP contribution in [0.2, 0.25) is 0 Å². The molecule has 17 heavy (non-hydrogen) atoms. The van der Waals surface area contributed by atoms with Crippen LogP contribution < -0.4 is 11.1 Å². The maximum atomic E-state index is 11.7. The van der Waals surface area contributed by atoms with Crippen LogP contribution in [0.5, 0.6) is 0 Å². The van der Waals surface area contributed by atoms with E-state index < -0.39 is 11.6 Å². The predicted octanol–water partition coefficient (Wildman–Crippen LogP) is 1.03. The number of carbonyl (C=O) groups is 1. The van der Waals surface area contributed by atoms with Crippen molar-refractivity contribution >= 4 is 5.91 Å². The Kier molecular flexibility index (Phi) is 4.95. The van der Waals surface area contributed by atoms with E-state index in [2.05, 4.69) is 12.2 Å². The highest BCUT2D eigenvalue weighted by atomic mass is 16.3. The molecule has 1 aliphatic carbocycles. The quantitative estimate of drug-likeness (QED) is 0.689. The van der Waals surface area contributed by atoms with Gasteiger partial charge in [0.15, 0.2) is 0 Å². The molecule has 1 saturated carbocycles. The molecule has 0 saturated heterocycles. The number of carbonyl (C=O) groups excluding carboxylic acids is 1. The molecular weight excluding hydrogens is 216 g/mol. The van der Waals surface area contributed by atoms with E-state index >= 15 is 0 Å². The fourth-order valence-corrected chi connectivity index (χ4v) is 2.15. The number of nitrogens with one attached hydrogen (secondary N) is 1. The summed E-state index contributed by atoms with van der Waals surface area (Å²) in [6.45, 7) is 6.37. The second-order valence-corrected chi connectivity index (χ2v) is 5.89. The van der Waals surface area contributed by atoms with Crippen molar-refractivity contribution in [1.29, 1.82) is 0 Å². The first-order chi connectivity index (χ1) is 7.84. The number of aliphatic hydroxyl groups is 1. The summed E-state index contributed by atoms with van der Waals surface area (Å²) in [7, 11) is 0. The summed E-state index contributed by atoms with van der Waals surface area (Å²) in [5.74, 6) is 0.645. The third kappa shape index (κ3) is 4.28. The van der Waals surface area contributed by atoms with Crippen molar-refractivity contribution in [1.82, 2.24) is 5.32 Å². The van der Waals surface area contributed by atoms with Crippen LogP contribution in [-0.4, -0.2) is 29.2 Å². The molecule has 0 unspecified atom stereocenters. The van der Waals surface area contributed by atoms with E-state index in [4.69, 9.17) is 5.73 Å². The van der Waals surface area contributed by atoms with Crippen LogP contribution in [0.3, 0.4) is 0 Å². The number of nitrogens with two attached hydrogens (primary N) is 1. The topological polar surface area (TPSA) is 75.3 Å². The van der Waals surface area contributed by atoms with Gasteiger partial charge in [-0.2, -0.15) is 0 Å². The molecule has 1 aliphatic rings. The highest BCUT2D eigenvalue weighted by Crippen LogP contribution is 2.31. The molecule has 0 aromatic carbocycles. The zero-order valence-corrected chi connectivity index (χ0v) is 11.2. The molecule has 0 heterocycles. The first-order valence-corrected chi connectivity index (χ1v) is 6.60.